The summed E-state index contributed by atoms with van der Waals surface area (Å²) in [6, 6.07) is 6.53. The number of hydrogen-bond donors (Lipinski definition) is 1. The molecule has 1 unspecified atom stereocenters. The molecule has 1 fully saturated rings. The Morgan fingerprint density at radius 1 is 1.41 bits per heavy atom. The number of hydrogen-bond acceptors (Lipinski definition) is 3. The van der Waals surface area contributed by atoms with Crippen molar-refractivity contribution in [3.05, 3.63) is 28.8 Å². The van der Waals surface area contributed by atoms with E-state index in [4.69, 9.17) is 17.3 Å². The van der Waals surface area contributed by atoms with Crippen molar-refractivity contribution in [1.82, 2.24) is 4.90 Å². The second-order valence-corrected chi connectivity index (χ2v) is 5.19. The molecule has 1 aliphatic rings. The lowest BCUT2D eigenvalue weighted by atomic mass is 10.1. The zero-order valence-corrected chi connectivity index (χ0v) is 11.2. The number of rotatable bonds is 2. The van der Waals surface area contributed by atoms with Gasteiger partial charge in [0.1, 0.15) is 0 Å². The molecule has 94 valence electrons. The minimum atomic E-state index is 0.563. The molecule has 4 heteroatoms. The van der Waals surface area contributed by atoms with Gasteiger partial charge in [0.15, 0.2) is 0 Å². The van der Waals surface area contributed by atoms with E-state index >= 15 is 0 Å². The molecule has 0 radical (unpaired) electrons. The van der Waals surface area contributed by atoms with E-state index in [0.717, 1.165) is 24.7 Å². The lowest BCUT2D eigenvalue weighted by Gasteiger charge is -2.39. The van der Waals surface area contributed by atoms with Crippen LogP contribution in [0.2, 0.25) is 5.02 Å². The van der Waals surface area contributed by atoms with E-state index in [-0.39, 0.29) is 0 Å². The van der Waals surface area contributed by atoms with E-state index in [2.05, 4.69) is 23.8 Å². The smallest absolute Gasteiger partial charge is 0.0427 e. The molecular formula is C13H20ClN3. The van der Waals surface area contributed by atoms with Gasteiger partial charge in [0.2, 0.25) is 0 Å². The van der Waals surface area contributed by atoms with Crippen LogP contribution in [0.1, 0.15) is 12.5 Å². The highest BCUT2D eigenvalue weighted by Gasteiger charge is 2.22. The minimum Gasteiger partial charge on any atom is -0.368 e. The van der Waals surface area contributed by atoms with Crippen LogP contribution in [0.3, 0.4) is 0 Å². The number of halogens is 1. The van der Waals surface area contributed by atoms with E-state index in [1.165, 1.54) is 11.3 Å². The summed E-state index contributed by atoms with van der Waals surface area (Å²) in [6.45, 7) is 5.96. The van der Waals surface area contributed by atoms with Crippen molar-refractivity contribution in [2.45, 2.75) is 19.5 Å². The third-order valence-electron chi connectivity index (χ3n) is 3.57. The molecule has 0 bridgehead atoms. The monoisotopic (exact) mass is 253 g/mol. The Morgan fingerprint density at radius 3 is 2.82 bits per heavy atom. The second-order valence-electron chi connectivity index (χ2n) is 4.75. The number of nitrogens with two attached hydrogens (primary N) is 1. The number of nitrogens with zero attached hydrogens (tertiary/aromatic N) is 2. The fourth-order valence-electron chi connectivity index (χ4n) is 2.27. The summed E-state index contributed by atoms with van der Waals surface area (Å²) < 4.78 is 0. The van der Waals surface area contributed by atoms with Crippen molar-refractivity contribution >= 4 is 17.3 Å². The van der Waals surface area contributed by atoms with Crippen LogP contribution in [0.15, 0.2) is 18.2 Å². The highest BCUT2D eigenvalue weighted by Crippen LogP contribution is 2.26. The van der Waals surface area contributed by atoms with Gasteiger partial charge in [0, 0.05) is 42.9 Å². The van der Waals surface area contributed by atoms with Gasteiger partial charge in [0.05, 0.1) is 0 Å². The standard InChI is InChI=1S/C13H20ClN3/c1-10-9-17(6-5-16(10)2)13-7-12(14)4-3-11(13)8-15/h3-4,7,10H,5-6,8-9,15H2,1-2H3. The average molecular weight is 254 g/mol. The summed E-state index contributed by atoms with van der Waals surface area (Å²) >= 11 is 6.08. The summed E-state index contributed by atoms with van der Waals surface area (Å²) in [5, 5.41) is 0.781. The third kappa shape index (κ3) is 2.73. The molecule has 1 atom stereocenters. The van der Waals surface area contributed by atoms with Crippen LogP contribution in [0.5, 0.6) is 0 Å². The van der Waals surface area contributed by atoms with E-state index in [9.17, 15) is 0 Å². The van der Waals surface area contributed by atoms with Crippen LogP contribution in [0.4, 0.5) is 5.69 Å². The van der Waals surface area contributed by atoms with Crippen LogP contribution in [-0.4, -0.2) is 37.6 Å². The lowest BCUT2D eigenvalue weighted by molar-refractivity contribution is 0.234. The zero-order chi connectivity index (χ0) is 12.4. The number of anilines is 1. The topological polar surface area (TPSA) is 32.5 Å². The largest absolute Gasteiger partial charge is 0.368 e. The quantitative estimate of drug-likeness (QED) is 0.874. The van der Waals surface area contributed by atoms with Crippen LogP contribution < -0.4 is 10.6 Å². The predicted molar refractivity (Wildman–Crippen MR) is 73.6 cm³/mol. The van der Waals surface area contributed by atoms with Crippen molar-refractivity contribution in [3.63, 3.8) is 0 Å². The summed E-state index contributed by atoms with van der Waals surface area (Å²) in [7, 11) is 2.17. The van der Waals surface area contributed by atoms with E-state index < -0.39 is 0 Å². The third-order valence-corrected chi connectivity index (χ3v) is 3.80. The van der Waals surface area contributed by atoms with Crippen molar-refractivity contribution < 1.29 is 0 Å². The fraction of sp³-hybridized carbons (Fsp3) is 0.538. The lowest BCUT2D eigenvalue weighted by Crippen LogP contribution is -2.50. The molecule has 2 rings (SSSR count). The SMILES string of the molecule is CC1CN(c2cc(Cl)ccc2CN)CCN1C. The Kier molecular flexibility index (Phi) is 3.92. The highest BCUT2D eigenvalue weighted by atomic mass is 35.5. The first-order valence-electron chi connectivity index (χ1n) is 6.05. The molecular weight excluding hydrogens is 234 g/mol. The van der Waals surface area contributed by atoms with Crippen molar-refractivity contribution in [3.8, 4) is 0 Å². The van der Waals surface area contributed by atoms with Gasteiger partial charge in [-0.3, -0.25) is 0 Å². The molecule has 1 heterocycles. The Labute approximate surface area is 108 Å². The molecule has 1 aliphatic heterocycles. The van der Waals surface area contributed by atoms with E-state index in [0.29, 0.717) is 12.6 Å². The molecule has 0 amide bonds. The Bertz CT molecular complexity index is 394. The van der Waals surface area contributed by atoms with Gasteiger partial charge in [-0.1, -0.05) is 17.7 Å². The van der Waals surface area contributed by atoms with Gasteiger partial charge in [0.25, 0.3) is 0 Å². The summed E-state index contributed by atoms with van der Waals surface area (Å²) in [5.41, 5.74) is 8.16. The van der Waals surface area contributed by atoms with Gasteiger partial charge in [-0.05, 0) is 31.7 Å². The molecule has 1 saturated heterocycles. The van der Waals surface area contributed by atoms with Gasteiger partial charge in [-0.15, -0.1) is 0 Å². The molecule has 0 spiro atoms. The average Bonchev–Trinajstić information content (AvgIpc) is 2.32. The zero-order valence-electron chi connectivity index (χ0n) is 10.5. The second kappa shape index (κ2) is 5.25. The summed E-state index contributed by atoms with van der Waals surface area (Å²) in [5.74, 6) is 0. The predicted octanol–water partition coefficient (Wildman–Crippen LogP) is 1.94. The molecule has 1 aromatic rings. The Hall–Kier alpha value is -0.770. The maximum absolute atomic E-state index is 6.08. The maximum atomic E-state index is 6.08. The minimum absolute atomic E-state index is 0.563. The molecule has 0 aromatic heterocycles. The molecule has 0 saturated carbocycles. The molecule has 0 aliphatic carbocycles. The van der Waals surface area contributed by atoms with Gasteiger partial charge in [-0.2, -0.15) is 0 Å². The maximum Gasteiger partial charge on any atom is 0.0427 e. The van der Waals surface area contributed by atoms with Crippen LogP contribution >= 0.6 is 11.6 Å². The highest BCUT2D eigenvalue weighted by molar-refractivity contribution is 6.30. The molecule has 2 N–H and O–H groups in total. The number of piperazine rings is 1. The molecule has 1 aromatic carbocycles. The molecule has 17 heavy (non-hydrogen) atoms. The van der Waals surface area contributed by atoms with Crippen LogP contribution in [0, 0.1) is 0 Å². The number of benzene rings is 1. The first-order chi connectivity index (χ1) is 8.11. The van der Waals surface area contributed by atoms with Crippen LogP contribution in [-0.2, 0) is 6.54 Å². The Balaban J connectivity index is 2.24. The number of likely N-dealkylation sites (N-methyl/N-ethyl adjacent to an activating group) is 1. The van der Waals surface area contributed by atoms with Crippen molar-refractivity contribution in [2.24, 2.45) is 5.73 Å². The summed E-state index contributed by atoms with van der Waals surface area (Å²) in [6.07, 6.45) is 0. The van der Waals surface area contributed by atoms with Gasteiger partial charge in [-0.25, -0.2) is 0 Å². The first-order valence-corrected chi connectivity index (χ1v) is 6.43. The normalized spacial score (nSPS) is 21.9. The van der Waals surface area contributed by atoms with Crippen molar-refractivity contribution in [2.75, 3.05) is 31.6 Å². The summed E-state index contributed by atoms with van der Waals surface area (Å²) in [4.78, 5) is 4.77. The van der Waals surface area contributed by atoms with Crippen LogP contribution in [0.25, 0.3) is 0 Å². The fourth-order valence-corrected chi connectivity index (χ4v) is 2.44. The van der Waals surface area contributed by atoms with Gasteiger partial charge < -0.3 is 15.5 Å². The van der Waals surface area contributed by atoms with Gasteiger partial charge >= 0.3 is 0 Å². The van der Waals surface area contributed by atoms with E-state index in [1.807, 2.05) is 18.2 Å². The Morgan fingerprint density at radius 2 is 2.18 bits per heavy atom. The molecule has 3 nitrogen and oxygen atoms in total. The first kappa shape index (κ1) is 12.7. The van der Waals surface area contributed by atoms with E-state index in [1.54, 1.807) is 0 Å². The van der Waals surface area contributed by atoms with Crippen molar-refractivity contribution in [1.29, 1.82) is 0 Å².